The van der Waals surface area contributed by atoms with Crippen LogP contribution >= 0.6 is 0 Å². The van der Waals surface area contributed by atoms with Gasteiger partial charge in [0.15, 0.2) is 6.29 Å². The molecule has 7 heteroatoms. The lowest BCUT2D eigenvalue weighted by Gasteiger charge is -2.49. The molecule has 1 aliphatic heterocycles. The summed E-state index contributed by atoms with van der Waals surface area (Å²) in [4.78, 5) is 12.1. The van der Waals surface area contributed by atoms with E-state index in [-0.39, 0.29) is 22.9 Å². The number of aliphatic hydroxyl groups excluding tert-OH is 4. The predicted octanol–water partition coefficient (Wildman–Crippen LogP) is 0.533. The number of carbonyl (C=O) groups excluding carboxylic acids is 1. The Bertz CT molecular complexity index is 674. The van der Waals surface area contributed by atoms with Crippen LogP contribution in [0.4, 0.5) is 0 Å². The maximum atomic E-state index is 12.1. The monoisotopic (exact) mass is 396 g/mol. The molecule has 7 nitrogen and oxygen atoms in total. The summed E-state index contributed by atoms with van der Waals surface area (Å²) in [7, 11) is 0. The fraction of sp³-hybridized carbons (Fsp3) is 0.857. The van der Waals surface area contributed by atoms with Crippen LogP contribution < -0.4 is 0 Å². The Balaban J connectivity index is 1.68. The van der Waals surface area contributed by atoms with Gasteiger partial charge in [0, 0.05) is 5.41 Å². The minimum Gasteiger partial charge on any atom is -0.394 e. The van der Waals surface area contributed by atoms with Gasteiger partial charge in [0.2, 0.25) is 0 Å². The molecule has 3 fully saturated rings. The SMILES string of the molecule is C[C@@H]1CC[C@@]23CC[C@@H](O[C@@H]4O[C@H](CO)[C@@H](O)[C@H](O)[C@H]4O)[C@]12C(C=O)=CC3(C)C. The highest BCUT2D eigenvalue weighted by Gasteiger charge is 2.75. The van der Waals surface area contributed by atoms with Crippen molar-refractivity contribution in [1.29, 1.82) is 0 Å². The lowest BCUT2D eigenvalue weighted by molar-refractivity contribution is -0.319. The molecular weight excluding hydrogens is 364 g/mol. The van der Waals surface area contributed by atoms with E-state index in [0.29, 0.717) is 0 Å². The van der Waals surface area contributed by atoms with Gasteiger partial charge in [-0.25, -0.2) is 0 Å². The molecule has 0 spiro atoms. The third-order valence-electron chi connectivity index (χ3n) is 8.42. The predicted molar refractivity (Wildman–Crippen MR) is 99.1 cm³/mol. The van der Waals surface area contributed by atoms with Crippen molar-refractivity contribution in [2.75, 3.05) is 6.61 Å². The molecule has 3 aliphatic carbocycles. The number of aldehydes is 1. The van der Waals surface area contributed by atoms with E-state index in [1.807, 2.05) is 0 Å². The Morgan fingerprint density at radius 1 is 1.18 bits per heavy atom. The van der Waals surface area contributed by atoms with Crippen LogP contribution in [0, 0.1) is 22.2 Å². The van der Waals surface area contributed by atoms with Gasteiger partial charge in [-0.05, 0) is 48.0 Å². The minimum atomic E-state index is -1.47. The van der Waals surface area contributed by atoms with Gasteiger partial charge in [-0.2, -0.15) is 0 Å². The van der Waals surface area contributed by atoms with Gasteiger partial charge in [0.05, 0.1) is 12.7 Å². The first-order valence-electron chi connectivity index (χ1n) is 10.3. The first-order chi connectivity index (χ1) is 13.2. The molecule has 0 aromatic heterocycles. The molecule has 1 saturated heterocycles. The minimum absolute atomic E-state index is 0.0749. The van der Waals surface area contributed by atoms with E-state index in [2.05, 4.69) is 26.8 Å². The third kappa shape index (κ3) is 2.29. The number of allylic oxidation sites excluding steroid dienone is 1. The molecule has 0 amide bonds. The van der Waals surface area contributed by atoms with Crippen molar-refractivity contribution in [3.05, 3.63) is 11.6 Å². The van der Waals surface area contributed by atoms with Gasteiger partial charge in [-0.3, -0.25) is 4.79 Å². The standard InChI is InChI=1S/C21H32O7/c1-11-4-6-20-7-5-14(21(11,20)12(9-22)8-19(20,2)3)28-18-17(26)16(25)15(24)13(10-23)27-18/h8-9,11,13-18,23-26H,4-7,10H2,1-3H3/t11-,13-,14-,15-,16+,17-,18+,20+,21-/m1/s1. The maximum Gasteiger partial charge on any atom is 0.187 e. The smallest absolute Gasteiger partial charge is 0.187 e. The van der Waals surface area contributed by atoms with Crippen molar-refractivity contribution in [3.8, 4) is 0 Å². The van der Waals surface area contributed by atoms with Crippen molar-refractivity contribution in [3.63, 3.8) is 0 Å². The molecular formula is C21H32O7. The quantitative estimate of drug-likeness (QED) is 0.512. The molecule has 4 rings (SSSR count). The summed E-state index contributed by atoms with van der Waals surface area (Å²) in [6, 6.07) is 0. The van der Waals surface area contributed by atoms with E-state index in [1.54, 1.807) is 0 Å². The summed E-state index contributed by atoms with van der Waals surface area (Å²) in [5.74, 6) is 0.239. The molecule has 4 N–H and O–H groups in total. The van der Waals surface area contributed by atoms with E-state index < -0.39 is 42.7 Å². The molecule has 0 bridgehead atoms. The van der Waals surface area contributed by atoms with E-state index >= 15 is 0 Å². The molecule has 158 valence electrons. The van der Waals surface area contributed by atoms with Crippen LogP contribution in [-0.2, 0) is 14.3 Å². The molecule has 0 aromatic carbocycles. The van der Waals surface area contributed by atoms with Crippen molar-refractivity contribution in [2.24, 2.45) is 22.2 Å². The Labute approximate surface area is 165 Å². The maximum absolute atomic E-state index is 12.1. The summed E-state index contributed by atoms with van der Waals surface area (Å²) in [6.45, 7) is 6.04. The topological polar surface area (TPSA) is 116 Å². The summed E-state index contributed by atoms with van der Waals surface area (Å²) < 4.78 is 11.9. The van der Waals surface area contributed by atoms with Gasteiger partial charge >= 0.3 is 0 Å². The van der Waals surface area contributed by atoms with Gasteiger partial charge in [0.1, 0.15) is 30.7 Å². The fourth-order valence-electron chi connectivity index (χ4n) is 7.15. The number of ether oxygens (including phenoxy) is 2. The number of carbonyl (C=O) groups is 1. The Morgan fingerprint density at radius 2 is 1.86 bits per heavy atom. The zero-order valence-corrected chi connectivity index (χ0v) is 16.7. The molecule has 28 heavy (non-hydrogen) atoms. The molecule has 2 saturated carbocycles. The van der Waals surface area contributed by atoms with Crippen LogP contribution in [0.2, 0.25) is 0 Å². The van der Waals surface area contributed by atoms with Crippen molar-refractivity contribution in [2.45, 2.75) is 83.3 Å². The Morgan fingerprint density at radius 3 is 2.50 bits per heavy atom. The summed E-state index contributed by atoms with van der Waals surface area (Å²) in [6.07, 6.45) is -0.115. The normalized spacial score (nSPS) is 52.2. The average molecular weight is 396 g/mol. The second-order valence-corrected chi connectivity index (χ2v) is 9.69. The Hall–Kier alpha value is -0.830. The van der Waals surface area contributed by atoms with Crippen LogP contribution in [0.5, 0.6) is 0 Å². The van der Waals surface area contributed by atoms with Crippen LogP contribution in [0.1, 0.15) is 46.5 Å². The summed E-state index contributed by atoms with van der Waals surface area (Å²) >= 11 is 0. The van der Waals surface area contributed by atoms with E-state index in [9.17, 15) is 25.2 Å². The second kappa shape index (κ2) is 6.59. The van der Waals surface area contributed by atoms with Crippen LogP contribution in [0.15, 0.2) is 11.6 Å². The molecule has 9 atom stereocenters. The number of hydrogen-bond donors (Lipinski definition) is 4. The van der Waals surface area contributed by atoms with E-state index in [4.69, 9.17) is 9.47 Å². The number of rotatable bonds is 4. The first kappa shape index (κ1) is 20.4. The molecule has 0 aromatic rings. The fourth-order valence-corrected chi connectivity index (χ4v) is 7.15. The summed E-state index contributed by atoms with van der Waals surface area (Å²) in [5.41, 5.74) is 0.113. The van der Waals surface area contributed by atoms with Crippen molar-refractivity contribution in [1.82, 2.24) is 0 Å². The highest BCUT2D eigenvalue weighted by molar-refractivity contribution is 5.79. The molecule has 0 unspecified atom stereocenters. The van der Waals surface area contributed by atoms with Crippen LogP contribution in [0.25, 0.3) is 0 Å². The zero-order chi connectivity index (χ0) is 20.5. The van der Waals surface area contributed by atoms with Crippen LogP contribution in [-0.4, -0.2) is 70.1 Å². The number of aliphatic hydroxyl groups is 4. The largest absolute Gasteiger partial charge is 0.394 e. The van der Waals surface area contributed by atoms with Crippen LogP contribution in [0.3, 0.4) is 0 Å². The summed E-state index contributed by atoms with van der Waals surface area (Å²) in [5, 5.41) is 40.0. The third-order valence-corrected chi connectivity index (χ3v) is 8.42. The first-order valence-corrected chi connectivity index (χ1v) is 10.3. The highest BCUT2D eigenvalue weighted by Crippen LogP contribution is 2.78. The van der Waals surface area contributed by atoms with E-state index in [0.717, 1.165) is 37.5 Å². The number of hydrogen-bond acceptors (Lipinski definition) is 7. The average Bonchev–Trinajstić information content (AvgIpc) is 3.22. The highest BCUT2D eigenvalue weighted by atomic mass is 16.7. The molecule has 1 heterocycles. The lowest BCUT2D eigenvalue weighted by Crippen LogP contribution is -2.60. The van der Waals surface area contributed by atoms with Gasteiger partial charge in [-0.15, -0.1) is 0 Å². The molecule has 4 aliphatic rings. The zero-order valence-electron chi connectivity index (χ0n) is 16.7. The van der Waals surface area contributed by atoms with Crippen molar-refractivity contribution < 1.29 is 34.7 Å². The lowest BCUT2D eigenvalue weighted by atomic mass is 9.56. The van der Waals surface area contributed by atoms with Crippen molar-refractivity contribution >= 4 is 6.29 Å². The van der Waals surface area contributed by atoms with E-state index in [1.165, 1.54) is 0 Å². The van der Waals surface area contributed by atoms with Gasteiger partial charge in [-0.1, -0.05) is 26.8 Å². The van der Waals surface area contributed by atoms with Gasteiger partial charge in [0.25, 0.3) is 0 Å². The Kier molecular flexibility index (Phi) is 4.81. The molecule has 0 radical (unpaired) electrons. The second-order valence-electron chi connectivity index (χ2n) is 9.69. The van der Waals surface area contributed by atoms with Gasteiger partial charge < -0.3 is 29.9 Å².